The number of aromatic amines is 1. The number of fused-ring (bicyclic) bond motifs is 1. The topological polar surface area (TPSA) is 61.2 Å². The molecule has 0 aliphatic carbocycles. The summed E-state index contributed by atoms with van der Waals surface area (Å²) >= 11 is 0. The lowest BCUT2D eigenvalue weighted by atomic mass is 10.2. The van der Waals surface area contributed by atoms with Gasteiger partial charge < -0.3 is 15.6 Å². The van der Waals surface area contributed by atoms with Gasteiger partial charge in [0.1, 0.15) is 5.82 Å². The fourth-order valence-corrected chi connectivity index (χ4v) is 3.35. The van der Waals surface area contributed by atoms with Crippen LogP contribution in [0.25, 0.3) is 11.0 Å². The highest BCUT2D eigenvalue weighted by atomic mass is 15.3. The summed E-state index contributed by atoms with van der Waals surface area (Å²) in [4.78, 5) is 12.7. The van der Waals surface area contributed by atoms with E-state index in [1.165, 1.54) is 11.3 Å². The number of anilines is 1. The Morgan fingerprint density at radius 2 is 1.79 bits per heavy atom. The normalized spacial score (nSPS) is 16.0. The summed E-state index contributed by atoms with van der Waals surface area (Å²) < 4.78 is 0. The molecule has 124 valence electrons. The van der Waals surface area contributed by atoms with Crippen molar-refractivity contribution < 1.29 is 0 Å². The molecule has 3 aromatic rings. The second kappa shape index (κ2) is 6.63. The van der Waals surface area contributed by atoms with E-state index in [2.05, 4.69) is 68.3 Å². The molecule has 1 aliphatic heterocycles. The van der Waals surface area contributed by atoms with E-state index in [0.29, 0.717) is 6.54 Å². The number of rotatable bonds is 4. The third kappa shape index (κ3) is 3.13. The molecule has 2 heterocycles. The van der Waals surface area contributed by atoms with Crippen LogP contribution in [0.2, 0.25) is 0 Å². The maximum Gasteiger partial charge on any atom is 0.121 e. The zero-order chi connectivity index (χ0) is 16.4. The Kier molecular flexibility index (Phi) is 4.19. The van der Waals surface area contributed by atoms with Crippen molar-refractivity contribution in [3.63, 3.8) is 0 Å². The van der Waals surface area contributed by atoms with Gasteiger partial charge in [0.05, 0.1) is 17.6 Å². The van der Waals surface area contributed by atoms with Gasteiger partial charge in [0, 0.05) is 38.4 Å². The van der Waals surface area contributed by atoms with Crippen LogP contribution >= 0.6 is 0 Å². The zero-order valence-corrected chi connectivity index (χ0v) is 13.8. The van der Waals surface area contributed by atoms with Gasteiger partial charge in [-0.25, -0.2) is 4.98 Å². The average molecular weight is 321 g/mol. The summed E-state index contributed by atoms with van der Waals surface area (Å²) in [6, 6.07) is 17.1. The van der Waals surface area contributed by atoms with Gasteiger partial charge >= 0.3 is 0 Å². The van der Waals surface area contributed by atoms with Gasteiger partial charge in [-0.1, -0.05) is 30.3 Å². The van der Waals surface area contributed by atoms with Gasteiger partial charge in [0.25, 0.3) is 0 Å². The van der Waals surface area contributed by atoms with Crippen LogP contribution in [-0.4, -0.2) is 41.0 Å². The summed E-state index contributed by atoms with van der Waals surface area (Å²) in [5.41, 5.74) is 10.4. The van der Waals surface area contributed by atoms with Gasteiger partial charge in [0.15, 0.2) is 0 Å². The molecule has 0 atom stereocenters. The second-order valence-corrected chi connectivity index (χ2v) is 6.34. The molecule has 5 heteroatoms. The molecule has 1 aliphatic rings. The number of nitrogens with zero attached hydrogens (tertiary/aromatic N) is 3. The van der Waals surface area contributed by atoms with Gasteiger partial charge in [-0.05, 0) is 23.8 Å². The predicted molar refractivity (Wildman–Crippen MR) is 97.9 cm³/mol. The Bertz CT molecular complexity index is 803. The van der Waals surface area contributed by atoms with Crippen LogP contribution in [0, 0.1) is 0 Å². The van der Waals surface area contributed by atoms with E-state index in [4.69, 9.17) is 5.73 Å². The van der Waals surface area contributed by atoms with Crippen LogP contribution in [0.15, 0.2) is 48.5 Å². The van der Waals surface area contributed by atoms with Gasteiger partial charge in [-0.3, -0.25) is 4.90 Å². The Balaban J connectivity index is 1.42. The molecule has 5 nitrogen and oxygen atoms in total. The number of nitrogens with one attached hydrogen (secondary N) is 1. The quantitative estimate of drug-likeness (QED) is 0.774. The molecule has 0 amide bonds. The highest BCUT2D eigenvalue weighted by molar-refractivity contribution is 5.79. The molecule has 24 heavy (non-hydrogen) atoms. The molecule has 3 N–H and O–H groups in total. The van der Waals surface area contributed by atoms with Crippen molar-refractivity contribution in [3.05, 3.63) is 59.9 Å². The third-order valence-corrected chi connectivity index (χ3v) is 4.69. The molecule has 0 radical (unpaired) electrons. The van der Waals surface area contributed by atoms with Crippen LogP contribution in [0.1, 0.15) is 11.4 Å². The van der Waals surface area contributed by atoms with Crippen molar-refractivity contribution in [1.29, 1.82) is 0 Å². The van der Waals surface area contributed by atoms with E-state index in [9.17, 15) is 0 Å². The lowest BCUT2D eigenvalue weighted by Gasteiger charge is -2.36. The van der Waals surface area contributed by atoms with E-state index < -0.39 is 0 Å². The fraction of sp³-hybridized carbons (Fsp3) is 0.316. The Morgan fingerprint density at radius 1 is 1.00 bits per heavy atom. The molecular weight excluding hydrogens is 298 g/mol. The lowest BCUT2D eigenvalue weighted by molar-refractivity contribution is 0.250. The van der Waals surface area contributed by atoms with E-state index in [1.54, 1.807) is 0 Å². The monoisotopic (exact) mass is 321 g/mol. The predicted octanol–water partition coefficient (Wildman–Crippen LogP) is 2.34. The van der Waals surface area contributed by atoms with E-state index in [-0.39, 0.29) is 0 Å². The second-order valence-electron chi connectivity index (χ2n) is 6.34. The number of hydrogen-bond acceptors (Lipinski definition) is 4. The van der Waals surface area contributed by atoms with Crippen LogP contribution < -0.4 is 10.6 Å². The number of hydrogen-bond donors (Lipinski definition) is 2. The first-order valence-electron chi connectivity index (χ1n) is 8.52. The molecule has 4 rings (SSSR count). The van der Waals surface area contributed by atoms with E-state index in [1.807, 2.05) is 0 Å². The highest BCUT2D eigenvalue weighted by Gasteiger charge is 2.17. The SMILES string of the molecule is NCc1nc2ccc(N3CCN(Cc4ccccc4)CC3)cc2[nH]1. The number of aromatic nitrogens is 2. The summed E-state index contributed by atoms with van der Waals surface area (Å²) in [5.74, 6) is 0.842. The summed E-state index contributed by atoms with van der Waals surface area (Å²) in [5, 5.41) is 0. The Morgan fingerprint density at radius 3 is 2.54 bits per heavy atom. The van der Waals surface area contributed by atoms with Gasteiger partial charge in [-0.2, -0.15) is 0 Å². The summed E-state index contributed by atoms with van der Waals surface area (Å²) in [6.45, 7) is 5.76. The first-order valence-corrected chi connectivity index (χ1v) is 8.52. The van der Waals surface area contributed by atoms with E-state index in [0.717, 1.165) is 49.6 Å². The summed E-state index contributed by atoms with van der Waals surface area (Å²) in [7, 11) is 0. The standard InChI is InChI=1S/C19H23N5/c20-13-19-21-17-7-6-16(12-18(17)22-19)24-10-8-23(9-11-24)14-15-4-2-1-3-5-15/h1-7,12H,8-11,13-14,20H2,(H,21,22). The maximum absolute atomic E-state index is 5.66. The fourth-order valence-electron chi connectivity index (χ4n) is 3.35. The van der Waals surface area contributed by atoms with Crippen molar-refractivity contribution in [2.75, 3.05) is 31.1 Å². The zero-order valence-electron chi connectivity index (χ0n) is 13.8. The number of nitrogens with two attached hydrogens (primary N) is 1. The third-order valence-electron chi connectivity index (χ3n) is 4.69. The van der Waals surface area contributed by atoms with Crippen LogP contribution in [0.4, 0.5) is 5.69 Å². The molecule has 0 bridgehead atoms. The molecule has 0 spiro atoms. The molecule has 1 saturated heterocycles. The molecule has 0 unspecified atom stereocenters. The largest absolute Gasteiger partial charge is 0.369 e. The minimum absolute atomic E-state index is 0.447. The minimum atomic E-state index is 0.447. The average Bonchev–Trinajstić information content (AvgIpc) is 3.05. The molecule has 0 saturated carbocycles. The van der Waals surface area contributed by atoms with Crippen molar-refractivity contribution in [3.8, 4) is 0 Å². The molecule has 1 fully saturated rings. The molecular formula is C19H23N5. The van der Waals surface area contributed by atoms with E-state index >= 15 is 0 Å². The van der Waals surface area contributed by atoms with Crippen LogP contribution in [0.5, 0.6) is 0 Å². The van der Waals surface area contributed by atoms with Crippen molar-refractivity contribution in [2.45, 2.75) is 13.1 Å². The van der Waals surface area contributed by atoms with Crippen LogP contribution in [0.3, 0.4) is 0 Å². The maximum atomic E-state index is 5.66. The lowest BCUT2D eigenvalue weighted by Crippen LogP contribution is -2.45. The highest BCUT2D eigenvalue weighted by Crippen LogP contribution is 2.22. The number of piperazine rings is 1. The first-order chi connectivity index (χ1) is 11.8. The molecule has 2 aromatic carbocycles. The number of benzene rings is 2. The minimum Gasteiger partial charge on any atom is -0.369 e. The van der Waals surface area contributed by atoms with Crippen molar-refractivity contribution in [1.82, 2.24) is 14.9 Å². The Labute approximate surface area is 142 Å². The summed E-state index contributed by atoms with van der Waals surface area (Å²) in [6.07, 6.45) is 0. The van der Waals surface area contributed by atoms with Crippen molar-refractivity contribution in [2.24, 2.45) is 5.73 Å². The van der Waals surface area contributed by atoms with Crippen LogP contribution in [-0.2, 0) is 13.1 Å². The van der Waals surface area contributed by atoms with Gasteiger partial charge in [-0.15, -0.1) is 0 Å². The Hall–Kier alpha value is -2.37. The van der Waals surface area contributed by atoms with Crippen molar-refractivity contribution >= 4 is 16.7 Å². The number of H-pyrrole nitrogens is 1. The smallest absolute Gasteiger partial charge is 0.121 e. The number of imidazole rings is 1. The van der Waals surface area contributed by atoms with Gasteiger partial charge in [0.2, 0.25) is 0 Å². The molecule has 1 aromatic heterocycles. The first kappa shape index (κ1) is 15.2.